The minimum Gasteiger partial charge on any atom is -0.354 e. The molecule has 0 saturated carbocycles. The number of aromatic amines is 1. The summed E-state index contributed by atoms with van der Waals surface area (Å²) in [6.45, 7) is 0. The number of fused-ring (bicyclic) bond motifs is 4. The fraction of sp³-hybridized carbons (Fsp3) is 0. The number of carbonyl (C=O) groups is 2. The molecule has 0 aliphatic heterocycles. The Morgan fingerprint density at radius 2 is 1.06 bits per heavy atom. The van der Waals surface area contributed by atoms with E-state index in [2.05, 4.69) is 4.98 Å². The summed E-state index contributed by atoms with van der Waals surface area (Å²) in [4.78, 5) is 43.3. The molecular formula is C27H15NO3. The van der Waals surface area contributed by atoms with Gasteiger partial charge in [0, 0.05) is 33.2 Å². The number of para-hydroxylation sites is 1. The van der Waals surface area contributed by atoms with E-state index in [1.165, 1.54) is 0 Å². The summed E-state index contributed by atoms with van der Waals surface area (Å²) >= 11 is 0. The molecule has 31 heavy (non-hydrogen) atoms. The average molecular weight is 401 g/mol. The Morgan fingerprint density at radius 3 is 1.90 bits per heavy atom. The molecule has 5 aromatic rings. The normalized spacial score (nSPS) is 12.8. The molecule has 146 valence electrons. The highest BCUT2D eigenvalue weighted by molar-refractivity contribution is 6.30. The molecule has 0 atom stereocenters. The van der Waals surface area contributed by atoms with Crippen LogP contribution in [0.5, 0.6) is 0 Å². The van der Waals surface area contributed by atoms with Crippen LogP contribution in [0.25, 0.3) is 32.9 Å². The first-order valence-electron chi connectivity index (χ1n) is 10.0. The van der Waals surface area contributed by atoms with E-state index < -0.39 is 0 Å². The van der Waals surface area contributed by atoms with E-state index in [9.17, 15) is 14.4 Å². The summed E-state index contributed by atoms with van der Waals surface area (Å²) in [6, 6.07) is 25.0. The molecule has 0 fully saturated rings. The van der Waals surface area contributed by atoms with Crippen molar-refractivity contribution in [3.63, 3.8) is 0 Å². The second-order valence-corrected chi connectivity index (χ2v) is 7.66. The van der Waals surface area contributed by atoms with Crippen molar-refractivity contribution in [1.29, 1.82) is 0 Å². The summed E-state index contributed by atoms with van der Waals surface area (Å²) in [5.41, 5.74) is 4.11. The van der Waals surface area contributed by atoms with Gasteiger partial charge in [0.15, 0.2) is 17.0 Å². The fourth-order valence-corrected chi connectivity index (χ4v) is 4.56. The van der Waals surface area contributed by atoms with Crippen molar-refractivity contribution < 1.29 is 9.59 Å². The Hall–Kier alpha value is -4.31. The maximum absolute atomic E-state index is 13.4. The number of aromatic nitrogens is 1. The summed E-state index contributed by atoms with van der Waals surface area (Å²) < 4.78 is 0. The van der Waals surface area contributed by atoms with Crippen LogP contribution >= 0.6 is 0 Å². The Bertz CT molecular complexity index is 1640. The van der Waals surface area contributed by atoms with Crippen LogP contribution in [-0.4, -0.2) is 16.6 Å². The van der Waals surface area contributed by atoms with Crippen LogP contribution in [0.2, 0.25) is 0 Å². The monoisotopic (exact) mass is 401 g/mol. The number of hydrogen-bond donors (Lipinski definition) is 1. The first-order valence-corrected chi connectivity index (χ1v) is 10.0. The molecule has 6 rings (SSSR count). The number of benzene rings is 4. The molecule has 0 saturated heterocycles. The van der Waals surface area contributed by atoms with Crippen molar-refractivity contribution in [3.8, 4) is 11.1 Å². The van der Waals surface area contributed by atoms with Gasteiger partial charge in [-0.1, -0.05) is 66.7 Å². The predicted molar refractivity (Wildman–Crippen MR) is 121 cm³/mol. The van der Waals surface area contributed by atoms with Crippen molar-refractivity contribution in [3.05, 3.63) is 117 Å². The van der Waals surface area contributed by atoms with E-state index >= 15 is 0 Å². The zero-order valence-electron chi connectivity index (χ0n) is 16.3. The molecule has 1 aliphatic carbocycles. The van der Waals surface area contributed by atoms with Crippen LogP contribution in [-0.2, 0) is 0 Å². The van der Waals surface area contributed by atoms with Crippen molar-refractivity contribution in [2.45, 2.75) is 0 Å². The van der Waals surface area contributed by atoms with E-state index in [0.29, 0.717) is 49.7 Å². The fourth-order valence-electron chi connectivity index (χ4n) is 4.56. The summed E-state index contributed by atoms with van der Waals surface area (Å²) in [6.07, 6.45) is 0. The van der Waals surface area contributed by atoms with Gasteiger partial charge in [-0.2, -0.15) is 0 Å². The van der Waals surface area contributed by atoms with E-state index in [4.69, 9.17) is 0 Å². The third-order valence-electron chi connectivity index (χ3n) is 5.98. The van der Waals surface area contributed by atoms with Crippen molar-refractivity contribution >= 4 is 33.4 Å². The van der Waals surface area contributed by atoms with Gasteiger partial charge in [0.25, 0.3) is 0 Å². The van der Waals surface area contributed by atoms with Crippen molar-refractivity contribution in [1.82, 2.24) is 4.98 Å². The SMILES string of the molecule is O=C1c2ccccc2C(=O)c2c1cccc2-c1cccc2[nH]c3ccccc3c(=O)c12. The minimum absolute atomic E-state index is 0.104. The maximum atomic E-state index is 13.4. The highest BCUT2D eigenvalue weighted by Crippen LogP contribution is 2.36. The molecule has 1 heterocycles. The van der Waals surface area contributed by atoms with Gasteiger partial charge in [-0.25, -0.2) is 0 Å². The minimum atomic E-state index is -0.199. The molecule has 4 nitrogen and oxygen atoms in total. The Kier molecular flexibility index (Phi) is 3.59. The van der Waals surface area contributed by atoms with Crippen LogP contribution in [0.1, 0.15) is 31.8 Å². The predicted octanol–water partition coefficient (Wildman–Crippen LogP) is 5.12. The smallest absolute Gasteiger partial charge is 0.197 e. The van der Waals surface area contributed by atoms with Gasteiger partial charge in [-0.05, 0) is 29.3 Å². The van der Waals surface area contributed by atoms with Gasteiger partial charge in [-0.15, -0.1) is 0 Å². The van der Waals surface area contributed by atoms with Crippen LogP contribution in [0.4, 0.5) is 0 Å². The second kappa shape index (κ2) is 6.34. The number of hydrogen-bond acceptors (Lipinski definition) is 3. The number of ketones is 2. The molecule has 4 heteroatoms. The lowest BCUT2D eigenvalue weighted by molar-refractivity contribution is 0.0979. The topological polar surface area (TPSA) is 67.0 Å². The van der Waals surface area contributed by atoms with Crippen LogP contribution < -0.4 is 5.43 Å². The van der Waals surface area contributed by atoms with Gasteiger partial charge >= 0.3 is 0 Å². The van der Waals surface area contributed by atoms with Gasteiger partial charge in [0.2, 0.25) is 0 Å². The van der Waals surface area contributed by atoms with E-state index in [-0.39, 0.29) is 17.0 Å². The van der Waals surface area contributed by atoms with Crippen LogP contribution in [0.15, 0.2) is 89.7 Å². The lowest BCUT2D eigenvalue weighted by Gasteiger charge is -2.20. The lowest BCUT2D eigenvalue weighted by atomic mass is 9.80. The highest BCUT2D eigenvalue weighted by atomic mass is 16.1. The molecule has 4 aromatic carbocycles. The summed E-state index contributed by atoms with van der Waals surface area (Å²) in [7, 11) is 0. The van der Waals surface area contributed by atoms with Crippen LogP contribution in [0.3, 0.4) is 0 Å². The molecule has 0 bridgehead atoms. The standard InChI is InChI=1S/C27H15NO3/c29-25-17-7-1-2-8-18(17)26(30)23-15(10-5-12-20(23)25)16-11-6-14-22-24(16)27(31)19-9-3-4-13-21(19)28-22/h1-14H,(H,28,31). The summed E-state index contributed by atoms with van der Waals surface area (Å²) in [5, 5.41) is 1.09. The van der Waals surface area contributed by atoms with Gasteiger partial charge in [0.1, 0.15) is 0 Å². The van der Waals surface area contributed by atoms with E-state index in [0.717, 1.165) is 5.52 Å². The third-order valence-corrected chi connectivity index (χ3v) is 5.98. The molecular weight excluding hydrogens is 386 g/mol. The van der Waals surface area contributed by atoms with E-state index in [1.54, 1.807) is 48.5 Å². The van der Waals surface area contributed by atoms with Gasteiger partial charge < -0.3 is 4.98 Å². The maximum Gasteiger partial charge on any atom is 0.197 e. The van der Waals surface area contributed by atoms with Gasteiger partial charge in [-0.3, -0.25) is 14.4 Å². The number of pyridine rings is 1. The van der Waals surface area contributed by atoms with Crippen molar-refractivity contribution in [2.75, 3.05) is 0 Å². The number of carbonyl (C=O) groups excluding carboxylic acids is 2. The zero-order chi connectivity index (χ0) is 21.1. The molecule has 1 aromatic heterocycles. The number of H-pyrrole nitrogens is 1. The molecule has 1 aliphatic rings. The lowest BCUT2D eigenvalue weighted by Crippen LogP contribution is -2.21. The molecule has 0 unspecified atom stereocenters. The van der Waals surface area contributed by atoms with Crippen LogP contribution in [0, 0.1) is 0 Å². The molecule has 0 radical (unpaired) electrons. The quantitative estimate of drug-likeness (QED) is 0.389. The summed E-state index contributed by atoms with van der Waals surface area (Å²) in [5.74, 6) is -0.373. The number of rotatable bonds is 1. The van der Waals surface area contributed by atoms with Crippen molar-refractivity contribution in [2.24, 2.45) is 0 Å². The Balaban J connectivity index is 1.71. The first kappa shape index (κ1) is 17.5. The molecule has 0 spiro atoms. The largest absolute Gasteiger partial charge is 0.354 e. The molecule has 0 amide bonds. The zero-order valence-corrected chi connectivity index (χ0v) is 16.3. The first-order chi connectivity index (χ1) is 15.1. The van der Waals surface area contributed by atoms with Gasteiger partial charge in [0.05, 0.1) is 10.9 Å². The Labute approximate surface area is 176 Å². The Morgan fingerprint density at radius 1 is 0.484 bits per heavy atom. The average Bonchev–Trinajstić information content (AvgIpc) is 2.82. The highest BCUT2D eigenvalue weighted by Gasteiger charge is 2.32. The van der Waals surface area contributed by atoms with E-state index in [1.807, 2.05) is 36.4 Å². The number of nitrogens with one attached hydrogen (secondary N) is 1. The molecule has 1 N–H and O–H groups in total. The second-order valence-electron chi connectivity index (χ2n) is 7.66. The third kappa shape index (κ3) is 2.39.